The van der Waals surface area contributed by atoms with E-state index >= 15 is 0 Å². The first-order valence-corrected chi connectivity index (χ1v) is 8.64. The molecule has 4 N–H and O–H groups in total. The van der Waals surface area contributed by atoms with Gasteiger partial charge in [0.15, 0.2) is 0 Å². The predicted molar refractivity (Wildman–Crippen MR) is 110 cm³/mol. The van der Waals surface area contributed by atoms with Crippen molar-refractivity contribution in [3.63, 3.8) is 0 Å². The Balaban J connectivity index is 0.00000312. The molecule has 6 nitrogen and oxygen atoms in total. The van der Waals surface area contributed by atoms with Crippen molar-refractivity contribution < 1.29 is 9.59 Å². The molecule has 148 valence electrons. The third-order valence-electron chi connectivity index (χ3n) is 4.35. The van der Waals surface area contributed by atoms with Gasteiger partial charge in [0.2, 0.25) is 5.91 Å². The smallest absolute Gasteiger partial charge is 0.251 e. The summed E-state index contributed by atoms with van der Waals surface area (Å²) in [6.45, 7) is 7.61. The molecule has 1 heterocycles. The first kappa shape index (κ1) is 24.7. The van der Waals surface area contributed by atoms with E-state index in [1.54, 1.807) is 24.3 Å². The van der Waals surface area contributed by atoms with E-state index in [4.69, 9.17) is 5.73 Å². The first-order valence-electron chi connectivity index (χ1n) is 8.64. The summed E-state index contributed by atoms with van der Waals surface area (Å²) >= 11 is 0. The van der Waals surface area contributed by atoms with Crippen LogP contribution in [0.3, 0.4) is 0 Å². The molecule has 8 heteroatoms. The molecule has 26 heavy (non-hydrogen) atoms. The molecule has 0 spiro atoms. The van der Waals surface area contributed by atoms with Gasteiger partial charge in [-0.2, -0.15) is 0 Å². The first-order chi connectivity index (χ1) is 11.5. The number of nitrogens with one attached hydrogen (secondary N) is 2. The number of rotatable bonds is 7. The second-order valence-electron chi connectivity index (χ2n) is 6.64. The summed E-state index contributed by atoms with van der Waals surface area (Å²) in [5, 5.41) is 5.70. The lowest BCUT2D eigenvalue weighted by atomic mass is 10.0. The van der Waals surface area contributed by atoms with Gasteiger partial charge in [-0.15, -0.1) is 24.8 Å². The van der Waals surface area contributed by atoms with E-state index in [2.05, 4.69) is 15.5 Å². The normalized spacial score (nSPS) is 14.9. The molecule has 1 aliphatic heterocycles. The Morgan fingerprint density at radius 2 is 1.69 bits per heavy atom. The summed E-state index contributed by atoms with van der Waals surface area (Å²) < 4.78 is 0. The van der Waals surface area contributed by atoms with Gasteiger partial charge in [-0.05, 0) is 56.1 Å². The number of carbonyl (C=O) groups is 2. The fourth-order valence-corrected chi connectivity index (χ4v) is 2.67. The number of carbonyl (C=O) groups excluding carboxylic acids is 2. The van der Waals surface area contributed by atoms with E-state index in [9.17, 15) is 9.59 Å². The second kappa shape index (κ2) is 12.1. The Morgan fingerprint density at radius 3 is 2.23 bits per heavy atom. The maximum Gasteiger partial charge on any atom is 0.251 e. The highest BCUT2D eigenvalue weighted by atomic mass is 35.5. The minimum absolute atomic E-state index is 0. The minimum atomic E-state index is -0.543. The molecule has 1 aliphatic rings. The van der Waals surface area contributed by atoms with Gasteiger partial charge in [0.05, 0.1) is 6.04 Å². The van der Waals surface area contributed by atoms with Gasteiger partial charge < -0.3 is 21.3 Å². The van der Waals surface area contributed by atoms with Crippen LogP contribution in [0, 0.1) is 5.92 Å². The summed E-state index contributed by atoms with van der Waals surface area (Å²) in [4.78, 5) is 26.4. The molecule has 2 rings (SSSR count). The minimum Gasteiger partial charge on any atom is -0.351 e. The highest BCUT2D eigenvalue weighted by Crippen LogP contribution is 2.11. The van der Waals surface area contributed by atoms with Gasteiger partial charge in [-0.3, -0.25) is 9.59 Å². The van der Waals surface area contributed by atoms with Crippen molar-refractivity contribution in [3.05, 3.63) is 29.8 Å². The van der Waals surface area contributed by atoms with Gasteiger partial charge in [0.25, 0.3) is 5.91 Å². The zero-order chi connectivity index (χ0) is 17.5. The van der Waals surface area contributed by atoms with Crippen molar-refractivity contribution in [2.75, 3.05) is 31.5 Å². The highest BCUT2D eigenvalue weighted by molar-refractivity contribution is 5.97. The van der Waals surface area contributed by atoms with E-state index in [0.29, 0.717) is 17.8 Å². The number of nitrogens with zero attached hydrogens (tertiary/aromatic N) is 1. The lowest BCUT2D eigenvalue weighted by molar-refractivity contribution is -0.118. The summed E-state index contributed by atoms with van der Waals surface area (Å²) in [5.41, 5.74) is 7.04. The third kappa shape index (κ3) is 7.50. The van der Waals surface area contributed by atoms with Gasteiger partial charge >= 0.3 is 0 Å². The molecule has 1 aromatic rings. The number of nitrogens with two attached hydrogens (primary N) is 1. The summed E-state index contributed by atoms with van der Waals surface area (Å²) in [5.74, 6) is -0.232. The maximum absolute atomic E-state index is 12.1. The van der Waals surface area contributed by atoms with Crippen LogP contribution >= 0.6 is 24.8 Å². The van der Waals surface area contributed by atoms with Crippen LogP contribution in [0.2, 0.25) is 0 Å². The summed E-state index contributed by atoms with van der Waals surface area (Å²) in [6.07, 6.45) is 2.50. The lowest BCUT2D eigenvalue weighted by Crippen LogP contribution is -2.39. The Labute approximate surface area is 168 Å². The van der Waals surface area contributed by atoms with Crippen molar-refractivity contribution >= 4 is 42.3 Å². The van der Waals surface area contributed by atoms with Crippen LogP contribution in [0.5, 0.6) is 0 Å². The number of amides is 2. The van der Waals surface area contributed by atoms with E-state index in [1.165, 1.54) is 12.8 Å². The average molecular weight is 405 g/mol. The van der Waals surface area contributed by atoms with Crippen molar-refractivity contribution in [1.29, 1.82) is 0 Å². The molecule has 2 amide bonds. The fraction of sp³-hybridized carbons (Fsp3) is 0.556. The molecule has 0 saturated carbocycles. The molecule has 1 atom stereocenters. The largest absolute Gasteiger partial charge is 0.351 e. The molecule has 1 fully saturated rings. The number of hydrogen-bond donors (Lipinski definition) is 3. The van der Waals surface area contributed by atoms with E-state index in [1.807, 2.05) is 13.8 Å². The number of hydrogen-bond acceptors (Lipinski definition) is 4. The number of likely N-dealkylation sites (tertiary alicyclic amines) is 1. The van der Waals surface area contributed by atoms with E-state index in [0.717, 1.165) is 19.6 Å². The zero-order valence-corrected chi connectivity index (χ0v) is 17.0. The Bertz CT molecular complexity index is 561. The average Bonchev–Trinajstić information content (AvgIpc) is 3.08. The Kier molecular flexibility index (Phi) is 11.5. The van der Waals surface area contributed by atoms with Gasteiger partial charge in [0, 0.05) is 24.3 Å². The topological polar surface area (TPSA) is 87.5 Å². The zero-order valence-electron chi connectivity index (χ0n) is 15.4. The molecule has 0 aromatic heterocycles. The molecule has 1 aromatic carbocycles. The van der Waals surface area contributed by atoms with Gasteiger partial charge in [-0.1, -0.05) is 13.8 Å². The van der Waals surface area contributed by atoms with E-state index in [-0.39, 0.29) is 42.5 Å². The quantitative estimate of drug-likeness (QED) is 0.650. The SMILES string of the molecule is CC(C)[C@H](N)C(=O)Nc1ccc(C(=O)NCCN2CCCC2)cc1.Cl.Cl. The van der Waals surface area contributed by atoms with Crippen molar-refractivity contribution in [2.24, 2.45) is 11.7 Å². The van der Waals surface area contributed by atoms with Crippen molar-refractivity contribution in [2.45, 2.75) is 32.7 Å². The van der Waals surface area contributed by atoms with Crippen molar-refractivity contribution in [3.8, 4) is 0 Å². The number of anilines is 1. The molecular formula is C18H30Cl2N4O2. The third-order valence-corrected chi connectivity index (χ3v) is 4.35. The molecule has 0 aliphatic carbocycles. The molecule has 0 bridgehead atoms. The summed E-state index contributed by atoms with van der Waals surface area (Å²) in [7, 11) is 0. The lowest BCUT2D eigenvalue weighted by Gasteiger charge is -2.16. The molecule has 1 saturated heterocycles. The second-order valence-corrected chi connectivity index (χ2v) is 6.64. The standard InChI is InChI=1S/C18H28N4O2.2ClH/c1-13(2)16(19)18(24)21-15-7-5-14(6-8-15)17(23)20-9-12-22-10-3-4-11-22;;/h5-8,13,16H,3-4,9-12,19H2,1-2H3,(H,20,23)(H,21,24);2*1H/t16-;;/m0../s1. The molecule has 0 radical (unpaired) electrons. The molecule has 0 unspecified atom stereocenters. The van der Waals surface area contributed by atoms with Crippen LogP contribution in [-0.2, 0) is 4.79 Å². The highest BCUT2D eigenvalue weighted by Gasteiger charge is 2.17. The Hall–Kier alpha value is -1.34. The number of benzene rings is 1. The molecular weight excluding hydrogens is 375 g/mol. The fourth-order valence-electron chi connectivity index (χ4n) is 2.67. The van der Waals surface area contributed by atoms with Crippen LogP contribution in [-0.4, -0.2) is 48.9 Å². The predicted octanol–water partition coefficient (Wildman–Crippen LogP) is 2.28. The van der Waals surface area contributed by atoms with Crippen LogP contribution in [0.25, 0.3) is 0 Å². The van der Waals surface area contributed by atoms with Gasteiger partial charge in [-0.25, -0.2) is 0 Å². The van der Waals surface area contributed by atoms with Crippen LogP contribution in [0.1, 0.15) is 37.0 Å². The van der Waals surface area contributed by atoms with Crippen LogP contribution in [0.4, 0.5) is 5.69 Å². The summed E-state index contributed by atoms with van der Waals surface area (Å²) in [6, 6.07) is 6.32. The van der Waals surface area contributed by atoms with Crippen molar-refractivity contribution in [1.82, 2.24) is 10.2 Å². The Morgan fingerprint density at radius 1 is 1.12 bits per heavy atom. The maximum atomic E-state index is 12.1. The number of halogens is 2. The monoisotopic (exact) mass is 404 g/mol. The van der Waals surface area contributed by atoms with E-state index < -0.39 is 6.04 Å². The van der Waals surface area contributed by atoms with Crippen LogP contribution < -0.4 is 16.4 Å². The van der Waals surface area contributed by atoms with Gasteiger partial charge in [0.1, 0.15) is 0 Å². The van der Waals surface area contributed by atoms with Crippen LogP contribution in [0.15, 0.2) is 24.3 Å².